The van der Waals surface area contributed by atoms with Crippen LogP contribution in [0.15, 0.2) is 90.1 Å². The van der Waals surface area contributed by atoms with Crippen LogP contribution in [-0.4, -0.2) is 31.1 Å². The van der Waals surface area contributed by atoms with Gasteiger partial charge < -0.3 is 9.64 Å². The molecule has 0 radical (unpaired) electrons. The Morgan fingerprint density at radius 1 is 0.806 bits per heavy atom. The molecular formula is C27H27N3O. The van der Waals surface area contributed by atoms with Crippen LogP contribution >= 0.6 is 0 Å². The molecule has 4 heteroatoms. The number of ether oxygens (including phenoxy) is 1. The molecule has 0 bridgehead atoms. The van der Waals surface area contributed by atoms with E-state index >= 15 is 0 Å². The Balaban J connectivity index is 1.56. The number of hydrogen-bond acceptors (Lipinski definition) is 4. The monoisotopic (exact) mass is 409 g/mol. The Labute approximate surface area is 184 Å². The molecule has 3 aromatic carbocycles. The first-order valence-electron chi connectivity index (χ1n) is 10.7. The number of hydrogen-bond donors (Lipinski definition) is 0. The zero-order valence-electron chi connectivity index (χ0n) is 18.2. The highest BCUT2D eigenvalue weighted by Crippen LogP contribution is 2.40. The van der Waals surface area contributed by atoms with E-state index in [2.05, 4.69) is 84.4 Å². The molecule has 0 aromatic heterocycles. The normalized spacial score (nSPS) is 17.1. The van der Waals surface area contributed by atoms with Gasteiger partial charge >= 0.3 is 0 Å². The van der Waals surface area contributed by atoms with Crippen molar-refractivity contribution in [2.45, 2.75) is 13.8 Å². The Morgan fingerprint density at radius 2 is 1.45 bits per heavy atom. The predicted octanol–water partition coefficient (Wildman–Crippen LogP) is 5.88. The lowest BCUT2D eigenvalue weighted by atomic mass is 9.91. The van der Waals surface area contributed by atoms with E-state index in [0.29, 0.717) is 0 Å². The van der Waals surface area contributed by atoms with E-state index in [9.17, 15) is 0 Å². The van der Waals surface area contributed by atoms with Crippen molar-refractivity contribution in [1.29, 1.82) is 0 Å². The molecule has 0 amide bonds. The lowest BCUT2D eigenvalue weighted by Gasteiger charge is -2.37. The molecule has 31 heavy (non-hydrogen) atoms. The molecule has 0 spiro atoms. The van der Waals surface area contributed by atoms with Crippen LogP contribution in [0.5, 0.6) is 5.75 Å². The maximum Gasteiger partial charge on any atom is 0.210 e. The fourth-order valence-electron chi connectivity index (χ4n) is 4.27. The molecule has 3 aromatic rings. The summed E-state index contributed by atoms with van der Waals surface area (Å²) in [7, 11) is 1.71. The molecule has 0 unspecified atom stereocenters. The average molecular weight is 410 g/mol. The third kappa shape index (κ3) is 3.59. The van der Waals surface area contributed by atoms with Gasteiger partial charge in [0.25, 0.3) is 0 Å². The largest absolute Gasteiger partial charge is 0.495 e. The molecule has 156 valence electrons. The number of benzene rings is 3. The van der Waals surface area contributed by atoms with Crippen molar-refractivity contribution in [1.82, 2.24) is 4.90 Å². The molecule has 2 heterocycles. The van der Waals surface area contributed by atoms with Gasteiger partial charge in [0.05, 0.1) is 18.5 Å². The number of nitrogens with zero attached hydrogens (tertiary/aromatic N) is 3. The summed E-state index contributed by atoms with van der Waals surface area (Å²) in [6.07, 6.45) is 2.19. The number of para-hydroxylation sites is 2. The van der Waals surface area contributed by atoms with Crippen molar-refractivity contribution in [3.05, 3.63) is 90.6 Å². The molecule has 0 saturated carbocycles. The van der Waals surface area contributed by atoms with Crippen molar-refractivity contribution in [3.63, 3.8) is 0 Å². The van der Waals surface area contributed by atoms with Crippen LogP contribution in [-0.2, 0) is 0 Å². The van der Waals surface area contributed by atoms with Gasteiger partial charge in [-0.05, 0) is 28.8 Å². The number of anilines is 1. The smallest absolute Gasteiger partial charge is 0.210 e. The summed E-state index contributed by atoms with van der Waals surface area (Å²) >= 11 is 0. The zero-order valence-corrected chi connectivity index (χ0v) is 18.2. The molecule has 5 rings (SSSR count). The van der Waals surface area contributed by atoms with Gasteiger partial charge in [0.1, 0.15) is 5.75 Å². The van der Waals surface area contributed by atoms with Gasteiger partial charge in [0, 0.05) is 24.7 Å². The minimum Gasteiger partial charge on any atom is -0.495 e. The molecule has 2 aliphatic rings. The Hall–Kier alpha value is -3.53. The van der Waals surface area contributed by atoms with E-state index in [1.54, 1.807) is 7.11 Å². The number of fused-ring (bicyclic) bond motifs is 1. The van der Waals surface area contributed by atoms with E-state index in [1.165, 1.54) is 16.7 Å². The maximum absolute atomic E-state index is 5.64. The fourth-order valence-corrected chi connectivity index (χ4v) is 4.27. The van der Waals surface area contributed by atoms with Gasteiger partial charge in [0.15, 0.2) is 0 Å². The van der Waals surface area contributed by atoms with Crippen molar-refractivity contribution < 1.29 is 4.74 Å². The van der Waals surface area contributed by atoms with Gasteiger partial charge in [-0.3, -0.25) is 9.89 Å². The molecule has 4 nitrogen and oxygen atoms in total. The fraction of sp³-hybridized carbons (Fsp3) is 0.222. The SMILES string of the molecule is COc1ccccc1N1C=C(c2ccc(-c3ccccc3)cc2)N2CC(C)(C)CN=C21. The van der Waals surface area contributed by atoms with Crippen LogP contribution in [0.2, 0.25) is 0 Å². The topological polar surface area (TPSA) is 28.1 Å². The van der Waals surface area contributed by atoms with Crippen molar-refractivity contribution in [2.24, 2.45) is 10.4 Å². The summed E-state index contributed by atoms with van der Waals surface area (Å²) < 4.78 is 5.64. The van der Waals surface area contributed by atoms with E-state index in [0.717, 1.165) is 36.2 Å². The Morgan fingerprint density at radius 3 is 2.19 bits per heavy atom. The van der Waals surface area contributed by atoms with Crippen molar-refractivity contribution >= 4 is 17.3 Å². The third-order valence-electron chi connectivity index (χ3n) is 5.87. The van der Waals surface area contributed by atoms with E-state index in [-0.39, 0.29) is 5.41 Å². The summed E-state index contributed by atoms with van der Waals surface area (Å²) in [5.74, 6) is 1.80. The lowest BCUT2D eigenvalue weighted by molar-refractivity contribution is 0.291. The number of methoxy groups -OCH3 is 1. The Bertz CT molecular complexity index is 1150. The highest BCUT2D eigenvalue weighted by Gasteiger charge is 2.38. The van der Waals surface area contributed by atoms with E-state index in [1.807, 2.05) is 24.3 Å². The number of aliphatic imine (C=N–C) groups is 1. The van der Waals surface area contributed by atoms with E-state index in [4.69, 9.17) is 9.73 Å². The third-order valence-corrected chi connectivity index (χ3v) is 5.87. The molecule has 0 N–H and O–H groups in total. The van der Waals surface area contributed by atoms with Gasteiger partial charge in [-0.2, -0.15) is 0 Å². The van der Waals surface area contributed by atoms with Gasteiger partial charge in [-0.25, -0.2) is 0 Å². The second-order valence-corrected chi connectivity index (χ2v) is 8.87. The molecule has 0 saturated heterocycles. The molecule has 0 fully saturated rings. The zero-order chi connectivity index (χ0) is 21.4. The summed E-state index contributed by atoms with van der Waals surface area (Å²) in [6.45, 7) is 6.27. The first-order valence-corrected chi connectivity index (χ1v) is 10.7. The summed E-state index contributed by atoms with van der Waals surface area (Å²) in [6, 6.07) is 27.4. The molecule has 2 aliphatic heterocycles. The second kappa shape index (κ2) is 7.62. The summed E-state index contributed by atoms with van der Waals surface area (Å²) in [4.78, 5) is 9.48. The minimum absolute atomic E-state index is 0.114. The molecular weight excluding hydrogens is 382 g/mol. The highest BCUT2D eigenvalue weighted by molar-refractivity contribution is 6.09. The summed E-state index contributed by atoms with van der Waals surface area (Å²) in [5, 5.41) is 0. The Kier molecular flexibility index (Phi) is 4.78. The molecule has 0 atom stereocenters. The van der Waals surface area contributed by atoms with Crippen LogP contribution in [0, 0.1) is 5.41 Å². The number of rotatable bonds is 4. The standard InChI is InChI=1S/C27H27N3O/c1-27(2)18-28-26-29(23-11-7-8-12-25(23)31-3)17-24(30(26)19-27)22-15-13-21(14-16-22)20-9-5-4-6-10-20/h4-17H,18-19H2,1-3H3. The van der Waals surface area contributed by atoms with Crippen molar-refractivity contribution in [2.75, 3.05) is 25.1 Å². The van der Waals surface area contributed by atoms with Crippen LogP contribution in [0.1, 0.15) is 19.4 Å². The van der Waals surface area contributed by atoms with Crippen LogP contribution in [0.4, 0.5) is 5.69 Å². The number of guanidine groups is 1. The first-order chi connectivity index (χ1) is 15.1. The summed E-state index contributed by atoms with van der Waals surface area (Å²) in [5.41, 5.74) is 5.91. The lowest BCUT2D eigenvalue weighted by Crippen LogP contribution is -2.45. The van der Waals surface area contributed by atoms with Gasteiger partial charge in [-0.1, -0.05) is 80.6 Å². The average Bonchev–Trinajstić information content (AvgIpc) is 3.17. The van der Waals surface area contributed by atoms with Gasteiger partial charge in [-0.15, -0.1) is 0 Å². The minimum atomic E-state index is 0.114. The van der Waals surface area contributed by atoms with Crippen LogP contribution in [0.3, 0.4) is 0 Å². The maximum atomic E-state index is 5.64. The highest BCUT2D eigenvalue weighted by atomic mass is 16.5. The van der Waals surface area contributed by atoms with Crippen molar-refractivity contribution in [3.8, 4) is 16.9 Å². The second-order valence-electron chi connectivity index (χ2n) is 8.87. The predicted molar refractivity (Wildman–Crippen MR) is 128 cm³/mol. The molecule has 0 aliphatic carbocycles. The van der Waals surface area contributed by atoms with E-state index < -0.39 is 0 Å². The van der Waals surface area contributed by atoms with Gasteiger partial charge in [0.2, 0.25) is 5.96 Å². The quantitative estimate of drug-likeness (QED) is 0.539. The van der Waals surface area contributed by atoms with Crippen LogP contribution < -0.4 is 9.64 Å². The first kappa shape index (κ1) is 19.4. The van der Waals surface area contributed by atoms with Crippen LogP contribution in [0.25, 0.3) is 16.8 Å².